The van der Waals surface area contributed by atoms with E-state index in [1.54, 1.807) is 17.1 Å². The van der Waals surface area contributed by atoms with E-state index in [2.05, 4.69) is 0 Å². The van der Waals surface area contributed by atoms with Gasteiger partial charge >= 0.3 is 6.03 Å². The topological polar surface area (TPSA) is 26.8 Å². The van der Waals surface area contributed by atoms with Gasteiger partial charge in [0.2, 0.25) is 0 Å². The maximum atomic E-state index is 11.7. The van der Waals surface area contributed by atoms with Gasteiger partial charge in [0.05, 0.1) is 0 Å². The Balaban J connectivity index is 2.45. The first kappa shape index (κ1) is 10.3. The van der Waals surface area contributed by atoms with Gasteiger partial charge in [-0.05, 0) is 19.3 Å². The number of hydrogen-bond acceptors (Lipinski definition) is 2. The van der Waals surface area contributed by atoms with E-state index >= 15 is 0 Å². The van der Waals surface area contributed by atoms with Crippen LogP contribution in [0.4, 0.5) is 4.79 Å². The molecular formula is C9H19N3O. The molecule has 0 N–H and O–H groups in total. The van der Waals surface area contributed by atoms with Gasteiger partial charge in [-0.25, -0.2) is 9.80 Å². The van der Waals surface area contributed by atoms with E-state index in [1.807, 2.05) is 19.0 Å². The Morgan fingerprint density at radius 2 is 1.62 bits per heavy atom. The number of amides is 2. The molecule has 13 heavy (non-hydrogen) atoms. The smallest absolute Gasteiger partial charge is 0.324 e. The first-order valence-corrected chi connectivity index (χ1v) is 4.83. The van der Waals surface area contributed by atoms with E-state index in [-0.39, 0.29) is 6.03 Å². The molecule has 0 atom stereocenters. The summed E-state index contributed by atoms with van der Waals surface area (Å²) in [5, 5.41) is 3.45. The number of piperidine rings is 1. The molecule has 0 aromatic heterocycles. The van der Waals surface area contributed by atoms with E-state index in [4.69, 9.17) is 0 Å². The molecule has 0 spiro atoms. The number of hydrogen-bond donors (Lipinski definition) is 0. The van der Waals surface area contributed by atoms with Crippen LogP contribution >= 0.6 is 0 Å². The summed E-state index contributed by atoms with van der Waals surface area (Å²) in [5.41, 5.74) is 0. The summed E-state index contributed by atoms with van der Waals surface area (Å²) in [6, 6.07) is 0.115. The molecule has 1 aliphatic heterocycles. The summed E-state index contributed by atoms with van der Waals surface area (Å²) in [6.07, 6.45) is 3.55. The molecule has 4 nitrogen and oxygen atoms in total. The molecular weight excluding hydrogens is 166 g/mol. The Hall–Kier alpha value is -0.770. The van der Waals surface area contributed by atoms with E-state index < -0.39 is 0 Å². The van der Waals surface area contributed by atoms with Gasteiger partial charge in [0.15, 0.2) is 0 Å². The van der Waals surface area contributed by atoms with Crippen LogP contribution in [0.3, 0.4) is 0 Å². The second-order valence-corrected chi connectivity index (χ2v) is 3.70. The zero-order valence-electron chi connectivity index (χ0n) is 8.79. The average Bonchev–Trinajstić information content (AvgIpc) is 2.17. The van der Waals surface area contributed by atoms with Crippen LogP contribution in [-0.4, -0.2) is 55.2 Å². The molecule has 0 saturated carbocycles. The van der Waals surface area contributed by atoms with E-state index in [0.29, 0.717) is 0 Å². The number of likely N-dealkylation sites (tertiary alicyclic amines) is 1. The number of urea groups is 1. The molecule has 1 saturated heterocycles. The maximum Gasteiger partial charge on any atom is 0.334 e. The SMILES string of the molecule is CN(C)N(C)C(=O)N1CCCCC1. The minimum atomic E-state index is 0.115. The summed E-state index contributed by atoms with van der Waals surface area (Å²) in [4.78, 5) is 13.7. The highest BCUT2D eigenvalue weighted by molar-refractivity contribution is 5.73. The minimum absolute atomic E-state index is 0.115. The summed E-state index contributed by atoms with van der Waals surface area (Å²) >= 11 is 0. The second kappa shape index (κ2) is 4.46. The average molecular weight is 185 g/mol. The molecule has 2 amide bonds. The van der Waals surface area contributed by atoms with Gasteiger partial charge in [0.25, 0.3) is 0 Å². The third-order valence-corrected chi connectivity index (χ3v) is 2.50. The molecule has 1 fully saturated rings. The third kappa shape index (κ3) is 2.59. The summed E-state index contributed by atoms with van der Waals surface area (Å²) < 4.78 is 0. The van der Waals surface area contributed by atoms with Crippen molar-refractivity contribution >= 4 is 6.03 Å². The normalized spacial score (nSPS) is 17.7. The Morgan fingerprint density at radius 1 is 1.08 bits per heavy atom. The standard InChI is InChI=1S/C9H19N3O/c1-10(2)11(3)9(13)12-7-5-4-6-8-12/h4-8H2,1-3H3. The molecule has 0 unspecified atom stereocenters. The van der Waals surface area contributed by atoms with Crippen molar-refractivity contribution in [3.8, 4) is 0 Å². The zero-order chi connectivity index (χ0) is 9.84. The van der Waals surface area contributed by atoms with Crippen molar-refractivity contribution in [2.75, 3.05) is 34.2 Å². The first-order chi connectivity index (χ1) is 6.13. The molecule has 1 aliphatic rings. The number of hydrazine groups is 1. The van der Waals surface area contributed by atoms with E-state index in [9.17, 15) is 4.79 Å². The fourth-order valence-electron chi connectivity index (χ4n) is 1.46. The van der Waals surface area contributed by atoms with Crippen LogP contribution in [0.25, 0.3) is 0 Å². The molecule has 4 heteroatoms. The van der Waals surface area contributed by atoms with Crippen molar-refractivity contribution in [3.05, 3.63) is 0 Å². The molecule has 0 radical (unpaired) electrons. The highest BCUT2D eigenvalue weighted by Crippen LogP contribution is 2.10. The molecule has 0 aromatic carbocycles. The van der Waals surface area contributed by atoms with Crippen LogP contribution < -0.4 is 0 Å². The number of carbonyl (C=O) groups excluding carboxylic acids is 1. The summed E-state index contributed by atoms with van der Waals surface area (Å²) in [7, 11) is 5.56. The van der Waals surface area contributed by atoms with Crippen molar-refractivity contribution < 1.29 is 4.79 Å². The van der Waals surface area contributed by atoms with E-state index in [1.165, 1.54) is 6.42 Å². The van der Waals surface area contributed by atoms with Crippen molar-refractivity contribution in [1.82, 2.24) is 14.9 Å². The van der Waals surface area contributed by atoms with Crippen LogP contribution in [-0.2, 0) is 0 Å². The minimum Gasteiger partial charge on any atom is -0.324 e. The Labute approximate surface area is 80.1 Å². The predicted octanol–water partition coefficient (Wildman–Crippen LogP) is 1.00. The number of nitrogens with zero attached hydrogens (tertiary/aromatic N) is 3. The van der Waals surface area contributed by atoms with Crippen LogP contribution in [0.5, 0.6) is 0 Å². The van der Waals surface area contributed by atoms with Gasteiger partial charge in [-0.2, -0.15) is 0 Å². The number of carbonyl (C=O) groups is 1. The molecule has 1 rings (SSSR count). The lowest BCUT2D eigenvalue weighted by molar-refractivity contribution is 0.0582. The van der Waals surface area contributed by atoms with Crippen LogP contribution in [0, 0.1) is 0 Å². The van der Waals surface area contributed by atoms with Gasteiger partial charge < -0.3 is 4.90 Å². The van der Waals surface area contributed by atoms with Gasteiger partial charge in [0.1, 0.15) is 0 Å². The third-order valence-electron chi connectivity index (χ3n) is 2.50. The molecule has 0 aliphatic carbocycles. The van der Waals surface area contributed by atoms with Gasteiger partial charge in [-0.15, -0.1) is 0 Å². The zero-order valence-corrected chi connectivity index (χ0v) is 8.79. The molecule has 76 valence electrons. The monoisotopic (exact) mass is 185 g/mol. The fraction of sp³-hybridized carbons (Fsp3) is 0.889. The quantitative estimate of drug-likeness (QED) is 0.570. The van der Waals surface area contributed by atoms with Crippen LogP contribution in [0.2, 0.25) is 0 Å². The summed E-state index contributed by atoms with van der Waals surface area (Å²) in [6.45, 7) is 1.83. The van der Waals surface area contributed by atoms with Crippen molar-refractivity contribution in [2.24, 2.45) is 0 Å². The lowest BCUT2D eigenvalue weighted by Gasteiger charge is -2.33. The molecule has 0 bridgehead atoms. The summed E-state index contributed by atoms with van der Waals surface area (Å²) in [5.74, 6) is 0. The molecule has 0 aromatic rings. The van der Waals surface area contributed by atoms with Crippen molar-refractivity contribution in [2.45, 2.75) is 19.3 Å². The first-order valence-electron chi connectivity index (χ1n) is 4.83. The number of rotatable bonds is 1. The van der Waals surface area contributed by atoms with Gasteiger partial charge in [-0.1, -0.05) is 0 Å². The van der Waals surface area contributed by atoms with Crippen molar-refractivity contribution in [1.29, 1.82) is 0 Å². The predicted molar refractivity (Wildman–Crippen MR) is 52.3 cm³/mol. The van der Waals surface area contributed by atoms with Crippen LogP contribution in [0.15, 0.2) is 0 Å². The lowest BCUT2D eigenvalue weighted by Crippen LogP contribution is -2.48. The Kier molecular flexibility index (Phi) is 3.54. The van der Waals surface area contributed by atoms with E-state index in [0.717, 1.165) is 25.9 Å². The largest absolute Gasteiger partial charge is 0.334 e. The Morgan fingerprint density at radius 3 is 2.08 bits per heavy atom. The van der Waals surface area contributed by atoms with Crippen molar-refractivity contribution in [3.63, 3.8) is 0 Å². The Bertz CT molecular complexity index is 176. The lowest BCUT2D eigenvalue weighted by atomic mass is 10.1. The van der Waals surface area contributed by atoms with Crippen LogP contribution in [0.1, 0.15) is 19.3 Å². The fourth-order valence-corrected chi connectivity index (χ4v) is 1.46. The van der Waals surface area contributed by atoms with Gasteiger partial charge in [0, 0.05) is 34.2 Å². The highest BCUT2D eigenvalue weighted by Gasteiger charge is 2.20. The maximum absolute atomic E-state index is 11.7. The van der Waals surface area contributed by atoms with Gasteiger partial charge in [-0.3, -0.25) is 5.01 Å². The molecule has 1 heterocycles. The highest BCUT2D eigenvalue weighted by atomic mass is 16.2. The second-order valence-electron chi connectivity index (χ2n) is 3.70.